The Morgan fingerprint density at radius 2 is 1.86 bits per heavy atom. The van der Waals surface area contributed by atoms with Crippen molar-refractivity contribution in [3.63, 3.8) is 0 Å². The quantitative estimate of drug-likeness (QED) is 0.338. The second kappa shape index (κ2) is 8.93. The Kier molecular flexibility index (Phi) is 6.76. The number of carbonyl (C=O) groups excluding carboxylic acids is 1. The van der Waals surface area contributed by atoms with Crippen LogP contribution in [0.25, 0.3) is 10.6 Å². The lowest BCUT2D eigenvalue weighted by Gasteiger charge is -2.11. The van der Waals surface area contributed by atoms with E-state index in [2.05, 4.69) is 8.75 Å². The van der Waals surface area contributed by atoms with Gasteiger partial charge in [-0.3, -0.25) is 0 Å². The van der Waals surface area contributed by atoms with Gasteiger partial charge in [-0.05, 0) is 66.3 Å². The molecule has 1 aromatic carbocycles. The Morgan fingerprint density at radius 1 is 1.17 bits per heavy atom. The van der Waals surface area contributed by atoms with Crippen LogP contribution in [-0.2, 0) is 23.6 Å². The van der Waals surface area contributed by atoms with E-state index in [1.165, 1.54) is 13.1 Å². The zero-order valence-electron chi connectivity index (χ0n) is 14.9. The van der Waals surface area contributed by atoms with Crippen LogP contribution in [0.4, 0.5) is 22.0 Å². The Labute approximate surface area is 173 Å². The third-order valence-electron chi connectivity index (χ3n) is 4.03. The van der Waals surface area contributed by atoms with Gasteiger partial charge >= 0.3 is 6.18 Å². The number of hydrogen-bond donors (Lipinski definition) is 0. The van der Waals surface area contributed by atoms with Crippen LogP contribution in [0.15, 0.2) is 24.4 Å². The van der Waals surface area contributed by atoms with Gasteiger partial charge in [0.1, 0.15) is 22.3 Å². The maximum absolute atomic E-state index is 14.4. The monoisotopic (exact) mass is 464 g/mol. The molecule has 0 fully saturated rings. The van der Waals surface area contributed by atoms with Crippen molar-refractivity contribution in [1.82, 2.24) is 8.75 Å². The summed E-state index contributed by atoms with van der Waals surface area (Å²) in [4.78, 5) is 10.6. The van der Waals surface area contributed by atoms with E-state index in [0.717, 1.165) is 23.7 Å². The molecule has 3 aromatic rings. The molecule has 0 N–H and O–H groups in total. The van der Waals surface area contributed by atoms with Crippen LogP contribution in [0.1, 0.15) is 29.3 Å². The van der Waals surface area contributed by atoms with Gasteiger partial charge < -0.3 is 4.79 Å². The van der Waals surface area contributed by atoms with Gasteiger partial charge in [0.05, 0.1) is 10.6 Å². The number of ketones is 1. The number of benzene rings is 1. The number of rotatable bonds is 7. The van der Waals surface area contributed by atoms with Gasteiger partial charge in [-0.15, -0.1) is 0 Å². The lowest BCUT2D eigenvalue weighted by Crippen LogP contribution is -2.11. The molecule has 2 heterocycles. The highest BCUT2D eigenvalue weighted by atomic mass is 32.1. The fraction of sp³-hybridized carbons (Fsp3) is 0.278. The molecule has 0 aliphatic carbocycles. The summed E-state index contributed by atoms with van der Waals surface area (Å²) in [7, 11) is -0.549. The summed E-state index contributed by atoms with van der Waals surface area (Å²) in [6.07, 6.45) is -2.98. The lowest BCUT2D eigenvalue weighted by atomic mass is 10.1. The Hall–Kier alpha value is -1.77. The molecule has 1 atom stereocenters. The largest absolute Gasteiger partial charge is 0.427 e. The predicted octanol–water partition coefficient (Wildman–Crippen LogP) is 5.59. The summed E-state index contributed by atoms with van der Waals surface area (Å²) in [5, 5.41) is -0.258. The molecule has 0 radical (unpaired) electrons. The van der Waals surface area contributed by atoms with Crippen LogP contribution < -0.4 is 5.30 Å². The van der Waals surface area contributed by atoms with Gasteiger partial charge in [0.2, 0.25) is 0 Å². The maximum Gasteiger partial charge on any atom is 0.427 e. The van der Waals surface area contributed by atoms with Crippen molar-refractivity contribution in [2.45, 2.75) is 32.1 Å². The summed E-state index contributed by atoms with van der Waals surface area (Å²) in [6.45, 7) is 1.39. The predicted molar refractivity (Wildman–Crippen MR) is 105 cm³/mol. The highest BCUT2D eigenvalue weighted by Crippen LogP contribution is 2.42. The summed E-state index contributed by atoms with van der Waals surface area (Å²) in [5.74, 6) is -1.74. The summed E-state index contributed by atoms with van der Waals surface area (Å²) in [6, 6.07) is 3.82. The van der Waals surface area contributed by atoms with Crippen LogP contribution in [0.5, 0.6) is 0 Å². The van der Waals surface area contributed by atoms with Crippen molar-refractivity contribution < 1.29 is 26.7 Å². The summed E-state index contributed by atoms with van der Waals surface area (Å²) in [5.41, 5.74) is 0.406. The fourth-order valence-electron chi connectivity index (χ4n) is 2.66. The first-order valence-corrected chi connectivity index (χ1v) is 11.1. The standard InChI is InChI=1S/C18H14F5N2OPS2/c1-9(26)2-3-10-6-12(19)16(13(20)7-10)27-8-11-15(14-4-5-24-28-14)25-29-17(11)18(21,22)23/h4-7,27H,2-3,8H2,1H3. The molecule has 0 aliphatic heterocycles. The van der Waals surface area contributed by atoms with E-state index < -0.39 is 31.3 Å². The number of hydrogen-bond acceptors (Lipinski definition) is 5. The van der Waals surface area contributed by atoms with E-state index in [4.69, 9.17) is 0 Å². The lowest BCUT2D eigenvalue weighted by molar-refractivity contribution is -0.134. The van der Waals surface area contributed by atoms with Gasteiger partial charge in [0, 0.05) is 23.5 Å². The van der Waals surface area contributed by atoms with Crippen LogP contribution in [-0.4, -0.2) is 14.5 Å². The van der Waals surface area contributed by atoms with Crippen LogP contribution in [0.3, 0.4) is 0 Å². The summed E-state index contributed by atoms with van der Waals surface area (Å²) < 4.78 is 76.7. The molecular weight excluding hydrogens is 450 g/mol. The number of halogens is 5. The van der Waals surface area contributed by atoms with Gasteiger partial charge in [0.25, 0.3) is 0 Å². The molecule has 0 amide bonds. The molecule has 0 aliphatic rings. The molecule has 0 spiro atoms. The van der Waals surface area contributed by atoms with Crippen LogP contribution in [0.2, 0.25) is 0 Å². The molecule has 0 saturated carbocycles. The van der Waals surface area contributed by atoms with E-state index in [9.17, 15) is 26.7 Å². The van der Waals surface area contributed by atoms with E-state index in [0.29, 0.717) is 22.0 Å². The minimum Gasteiger partial charge on any atom is -0.300 e. The SMILES string of the molecule is CC(=O)CCc1cc(F)c(PCc2c(-c3ccns3)nsc2C(F)(F)F)c(F)c1. The number of carbonyl (C=O) groups is 1. The normalized spacial score (nSPS) is 12.2. The summed E-state index contributed by atoms with van der Waals surface area (Å²) >= 11 is 1.33. The molecule has 2 aromatic heterocycles. The van der Waals surface area contributed by atoms with Crippen molar-refractivity contribution in [3.8, 4) is 10.6 Å². The van der Waals surface area contributed by atoms with Crippen LogP contribution in [0, 0.1) is 11.6 Å². The first-order valence-electron chi connectivity index (χ1n) is 8.35. The van der Waals surface area contributed by atoms with Crippen molar-refractivity contribution >= 4 is 42.7 Å². The minimum absolute atomic E-state index is 0.0791. The third kappa shape index (κ3) is 5.24. The molecule has 3 nitrogen and oxygen atoms in total. The topological polar surface area (TPSA) is 42.9 Å². The molecule has 29 heavy (non-hydrogen) atoms. The second-order valence-corrected chi connectivity index (χ2v) is 9.02. The van der Waals surface area contributed by atoms with Gasteiger partial charge in [-0.25, -0.2) is 13.2 Å². The molecule has 1 unspecified atom stereocenters. The van der Waals surface area contributed by atoms with Crippen molar-refractivity contribution in [1.29, 1.82) is 0 Å². The highest BCUT2D eigenvalue weighted by Gasteiger charge is 2.38. The van der Waals surface area contributed by atoms with Gasteiger partial charge in [-0.2, -0.15) is 17.5 Å². The Bertz CT molecular complexity index is 995. The minimum atomic E-state index is -4.60. The maximum atomic E-state index is 14.4. The van der Waals surface area contributed by atoms with Crippen molar-refractivity contribution in [2.24, 2.45) is 0 Å². The number of alkyl halides is 3. The molecule has 0 bridgehead atoms. The molecule has 3 rings (SSSR count). The third-order valence-corrected chi connectivity index (χ3v) is 7.08. The number of aryl methyl sites for hydroxylation is 1. The fourth-order valence-corrected chi connectivity index (χ4v) is 5.42. The van der Waals surface area contributed by atoms with Crippen molar-refractivity contribution in [3.05, 3.63) is 52.0 Å². The average Bonchev–Trinajstić information content (AvgIpc) is 3.27. The molecule has 0 saturated heterocycles. The highest BCUT2D eigenvalue weighted by molar-refractivity contribution is 7.46. The Balaban J connectivity index is 1.88. The van der Waals surface area contributed by atoms with Gasteiger partial charge in [0.15, 0.2) is 0 Å². The van der Waals surface area contributed by atoms with E-state index in [1.807, 2.05) is 0 Å². The van der Waals surface area contributed by atoms with Crippen LogP contribution >= 0.6 is 31.6 Å². The van der Waals surface area contributed by atoms with Gasteiger partial charge in [-0.1, -0.05) is 8.58 Å². The smallest absolute Gasteiger partial charge is 0.300 e. The van der Waals surface area contributed by atoms with E-state index >= 15 is 0 Å². The number of aromatic nitrogens is 2. The Morgan fingerprint density at radius 3 is 2.41 bits per heavy atom. The molecule has 11 heteroatoms. The zero-order valence-corrected chi connectivity index (χ0v) is 17.6. The molecular formula is C18H14F5N2OPS2. The number of nitrogens with zero attached hydrogens (tertiary/aromatic N) is 2. The average molecular weight is 464 g/mol. The van der Waals surface area contributed by atoms with E-state index in [1.54, 1.807) is 6.07 Å². The zero-order chi connectivity index (χ0) is 21.2. The first-order chi connectivity index (χ1) is 13.7. The second-order valence-electron chi connectivity index (χ2n) is 6.20. The first kappa shape index (κ1) is 21.9. The van der Waals surface area contributed by atoms with E-state index in [-0.39, 0.29) is 41.3 Å². The van der Waals surface area contributed by atoms with Crippen molar-refractivity contribution in [2.75, 3.05) is 0 Å². The molecule has 154 valence electrons. The number of Topliss-reactive ketones (excluding diaryl/α,β-unsaturated/α-hetero) is 1.